The lowest BCUT2D eigenvalue weighted by Gasteiger charge is -2.18. The fourth-order valence-corrected chi connectivity index (χ4v) is 1.87. The number of rotatable bonds is 8. The summed E-state index contributed by atoms with van der Waals surface area (Å²) in [6.07, 6.45) is 8.42. The van der Waals surface area contributed by atoms with Crippen molar-refractivity contribution >= 4 is 0 Å². The first-order valence-corrected chi connectivity index (χ1v) is 6.11. The van der Waals surface area contributed by atoms with E-state index in [1.807, 2.05) is 24.0 Å². The SMILES string of the molecule is C=CCCCC(NCCC)c1ccnn1C. The molecule has 16 heavy (non-hydrogen) atoms. The molecule has 90 valence electrons. The van der Waals surface area contributed by atoms with Gasteiger partial charge in [-0.1, -0.05) is 13.0 Å². The third-order valence-corrected chi connectivity index (χ3v) is 2.76. The molecule has 3 heteroatoms. The number of unbranched alkanes of at least 4 members (excludes halogenated alkanes) is 1. The number of hydrogen-bond donors (Lipinski definition) is 1. The highest BCUT2D eigenvalue weighted by Crippen LogP contribution is 2.18. The van der Waals surface area contributed by atoms with E-state index >= 15 is 0 Å². The number of allylic oxidation sites excluding steroid dienone is 1. The molecule has 1 rings (SSSR count). The van der Waals surface area contributed by atoms with E-state index in [0.29, 0.717) is 6.04 Å². The second-order valence-electron chi connectivity index (χ2n) is 4.11. The minimum atomic E-state index is 0.424. The van der Waals surface area contributed by atoms with Crippen LogP contribution < -0.4 is 5.32 Å². The molecule has 0 saturated carbocycles. The minimum Gasteiger partial charge on any atom is -0.309 e. The first-order chi connectivity index (χ1) is 7.79. The molecule has 1 aromatic rings. The van der Waals surface area contributed by atoms with Crippen molar-refractivity contribution in [3.8, 4) is 0 Å². The van der Waals surface area contributed by atoms with Gasteiger partial charge in [0.2, 0.25) is 0 Å². The summed E-state index contributed by atoms with van der Waals surface area (Å²) in [7, 11) is 2.00. The maximum atomic E-state index is 4.23. The molecule has 0 aliphatic carbocycles. The van der Waals surface area contributed by atoms with Gasteiger partial charge in [0.1, 0.15) is 0 Å². The van der Waals surface area contributed by atoms with Gasteiger partial charge in [-0.15, -0.1) is 6.58 Å². The highest BCUT2D eigenvalue weighted by Gasteiger charge is 2.13. The number of aryl methyl sites for hydroxylation is 1. The zero-order valence-corrected chi connectivity index (χ0v) is 10.4. The average Bonchev–Trinajstić information content (AvgIpc) is 2.70. The van der Waals surface area contributed by atoms with Gasteiger partial charge in [-0.25, -0.2) is 0 Å². The highest BCUT2D eigenvalue weighted by atomic mass is 15.3. The zero-order chi connectivity index (χ0) is 11.8. The van der Waals surface area contributed by atoms with Crippen molar-refractivity contribution in [3.05, 3.63) is 30.6 Å². The molecule has 0 aliphatic rings. The van der Waals surface area contributed by atoms with Crippen molar-refractivity contribution in [2.45, 2.75) is 38.6 Å². The predicted molar refractivity (Wildman–Crippen MR) is 68.3 cm³/mol. The Kier molecular flexibility index (Phi) is 5.86. The van der Waals surface area contributed by atoms with Crippen LogP contribution in [-0.4, -0.2) is 16.3 Å². The van der Waals surface area contributed by atoms with E-state index in [0.717, 1.165) is 25.8 Å². The second kappa shape index (κ2) is 7.23. The van der Waals surface area contributed by atoms with Crippen molar-refractivity contribution < 1.29 is 0 Å². The number of aromatic nitrogens is 2. The Morgan fingerprint density at radius 3 is 3.00 bits per heavy atom. The molecule has 0 amide bonds. The van der Waals surface area contributed by atoms with Gasteiger partial charge in [-0.3, -0.25) is 4.68 Å². The van der Waals surface area contributed by atoms with Gasteiger partial charge in [0.25, 0.3) is 0 Å². The lowest BCUT2D eigenvalue weighted by atomic mass is 10.1. The Bertz CT molecular complexity index is 304. The summed E-state index contributed by atoms with van der Waals surface area (Å²) >= 11 is 0. The van der Waals surface area contributed by atoms with Crippen LogP contribution in [0.3, 0.4) is 0 Å². The van der Waals surface area contributed by atoms with Crippen LogP contribution >= 0.6 is 0 Å². The maximum Gasteiger partial charge on any atom is 0.0550 e. The zero-order valence-electron chi connectivity index (χ0n) is 10.4. The molecular formula is C13H23N3. The first kappa shape index (κ1) is 13.0. The van der Waals surface area contributed by atoms with E-state index in [9.17, 15) is 0 Å². The van der Waals surface area contributed by atoms with Crippen LogP contribution in [0.5, 0.6) is 0 Å². The Labute approximate surface area is 98.5 Å². The molecule has 0 aliphatic heterocycles. The lowest BCUT2D eigenvalue weighted by molar-refractivity contribution is 0.457. The number of hydrogen-bond acceptors (Lipinski definition) is 2. The summed E-state index contributed by atoms with van der Waals surface area (Å²) in [5.74, 6) is 0. The van der Waals surface area contributed by atoms with Crippen LogP contribution in [0.1, 0.15) is 44.3 Å². The molecule has 0 bridgehead atoms. The van der Waals surface area contributed by atoms with Crippen LogP contribution in [0, 0.1) is 0 Å². The molecule has 1 unspecified atom stereocenters. The summed E-state index contributed by atoms with van der Waals surface area (Å²) in [6, 6.07) is 2.52. The Morgan fingerprint density at radius 1 is 1.62 bits per heavy atom. The molecule has 0 radical (unpaired) electrons. The summed E-state index contributed by atoms with van der Waals surface area (Å²) in [6.45, 7) is 7.01. The molecule has 0 aromatic carbocycles. The highest BCUT2D eigenvalue weighted by molar-refractivity contribution is 5.06. The predicted octanol–water partition coefficient (Wildman–Crippen LogP) is 2.82. The minimum absolute atomic E-state index is 0.424. The first-order valence-electron chi connectivity index (χ1n) is 6.11. The molecule has 1 aromatic heterocycles. The quantitative estimate of drug-likeness (QED) is 0.540. The van der Waals surface area contributed by atoms with Gasteiger partial charge in [0.05, 0.1) is 5.69 Å². The molecular weight excluding hydrogens is 198 g/mol. The van der Waals surface area contributed by atoms with E-state index in [1.165, 1.54) is 12.1 Å². The smallest absolute Gasteiger partial charge is 0.0550 e. The van der Waals surface area contributed by atoms with Gasteiger partial charge in [0.15, 0.2) is 0 Å². The largest absolute Gasteiger partial charge is 0.309 e. The van der Waals surface area contributed by atoms with E-state index in [1.54, 1.807) is 0 Å². The van der Waals surface area contributed by atoms with Crippen LogP contribution in [0.15, 0.2) is 24.9 Å². The lowest BCUT2D eigenvalue weighted by Crippen LogP contribution is -2.24. The summed E-state index contributed by atoms with van der Waals surface area (Å²) in [5, 5.41) is 7.81. The molecule has 1 atom stereocenters. The summed E-state index contributed by atoms with van der Waals surface area (Å²) < 4.78 is 1.96. The van der Waals surface area contributed by atoms with E-state index in [-0.39, 0.29) is 0 Å². The third kappa shape index (κ3) is 3.81. The van der Waals surface area contributed by atoms with E-state index in [4.69, 9.17) is 0 Å². The average molecular weight is 221 g/mol. The van der Waals surface area contributed by atoms with Crippen LogP contribution in [-0.2, 0) is 7.05 Å². The van der Waals surface area contributed by atoms with Gasteiger partial charge in [-0.05, 0) is 38.3 Å². The Balaban J connectivity index is 2.56. The van der Waals surface area contributed by atoms with Crippen molar-refractivity contribution in [1.82, 2.24) is 15.1 Å². The molecule has 0 spiro atoms. The van der Waals surface area contributed by atoms with Crippen molar-refractivity contribution in [3.63, 3.8) is 0 Å². The number of nitrogens with one attached hydrogen (secondary N) is 1. The second-order valence-corrected chi connectivity index (χ2v) is 4.11. The number of nitrogens with zero attached hydrogens (tertiary/aromatic N) is 2. The Morgan fingerprint density at radius 2 is 2.44 bits per heavy atom. The maximum absolute atomic E-state index is 4.23. The standard InChI is InChI=1S/C13H23N3/c1-4-6-7-8-12(14-10-5-2)13-9-11-15-16(13)3/h4,9,11-12,14H,1,5-8,10H2,2-3H3. The molecule has 1 heterocycles. The van der Waals surface area contributed by atoms with Crippen molar-refractivity contribution in [2.75, 3.05) is 6.54 Å². The molecule has 1 N–H and O–H groups in total. The van der Waals surface area contributed by atoms with E-state index < -0.39 is 0 Å². The molecule has 0 fully saturated rings. The Hall–Kier alpha value is -1.09. The molecule has 3 nitrogen and oxygen atoms in total. The van der Waals surface area contributed by atoms with Gasteiger partial charge in [-0.2, -0.15) is 5.10 Å². The van der Waals surface area contributed by atoms with Gasteiger partial charge in [0, 0.05) is 19.3 Å². The van der Waals surface area contributed by atoms with E-state index in [2.05, 4.69) is 30.0 Å². The normalized spacial score (nSPS) is 12.6. The van der Waals surface area contributed by atoms with Crippen LogP contribution in [0.25, 0.3) is 0 Å². The fourth-order valence-electron chi connectivity index (χ4n) is 1.87. The molecule has 0 saturated heterocycles. The topological polar surface area (TPSA) is 29.9 Å². The van der Waals surface area contributed by atoms with Crippen molar-refractivity contribution in [1.29, 1.82) is 0 Å². The summed E-state index contributed by atoms with van der Waals surface area (Å²) in [5.41, 5.74) is 1.28. The monoisotopic (exact) mass is 221 g/mol. The summed E-state index contributed by atoms with van der Waals surface area (Å²) in [4.78, 5) is 0. The van der Waals surface area contributed by atoms with Crippen molar-refractivity contribution in [2.24, 2.45) is 7.05 Å². The van der Waals surface area contributed by atoms with Gasteiger partial charge < -0.3 is 5.32 Å². The fraction of sp³-hybridized carbons (Fsp3) is 0.615. The third-order valence-electron chi connectivity index (χ3n) is 2.76. The van der Waals surface area contributed by atoms with Crippen LogP contribution in [0.4, 0.5) is 0 Å². The van der Waals surface area contributed by atoms with Gasteiger partial charge >= 0.3 is 0 Å². The van der Waals surface area contributed by atoms with Crippen LogP contribution in [0.2, 0.25) is 0 Å².